The summed E-state index contributed by atoms with van der Waals surface area (Å²) >= 11 is 0. The molecule has 1 unspecified atom stereocenters. The molecule has 1 heterocycles. The van der Waals surface area contributed by atoms with Crippen molar-refractivity contribution < 1.29 is 4.39 Å². The van der Waals surface area contributed by atoms with Crippen LogP contribution in [0.1, 0.15) is 37.3 Å². The zero-order valence-electron chi connectivity index (χ0n) is 8.82. The van der Waals surface area contributed by atoms with Crippen molar-refractivity contribution in [2.75, 3.05) is 6.54 Å². The molecule has 1 atom stereocenters. The molecular formula is C13H16FN. The van der Waals surface area contributed by atoms with Crippen molar-refractivity contribution in [1.29, 1.82) is 0 Å². The first-order valence-electron chi connectivity index (χ1n) is 5.86. The lowest BCUT2D eigenvalue weighted by atomic mass is 10.0. The number of rotatable bonds is 2. The number of hydrogen-bond donors (Lipinski definition) is 0. The number of nitrogens with zero attached hydrogens (tertiary/aromatic N) is 1. The molecule has 1 aromatic rings. The Morgan fingerprint density at radius 3 is 2.47 bits per heavy atom. The molecule has 1 nitrogen and oxygen atoms in total. The van der Waals surface area contributed by atoms with E-state index in [0.717, 1.165) is 6.04 Å². The maximum Gasteiger partial charge on any atom is 0.123 e. The van der Waals surface area contributed by atoms with Gasteiger partial charge in [-0.05, 0) is 49.9 Å². The summed E-state index contributed by atoms with van der Waals surface area (Å²) in [6.45, 7) is 1.23. The van der Waals surface area contributed by atoms with E-state index >= 15 is 0 Å². The van der Waals surface area contributed by atoms with Gasteiger partial charge in [-0.3, -0.25) is 4.90 Å². The minimum Gasteiger partial charge on any atom is -0.293 e. The van der Waals surface area contributed by atoms with Crippen LogP contribution in [0.4, 0.5) is 4.39 Å². The van der Waals surface area contributed by atoms with E-state index in [1.54, 1.807) is 12.1 Å². The molecule has 80 valence electrons. The van der Waals surface area contributed by atoms with Crippen LogP contribution in [-0.4, -0.2) is 17.5 Å². The van der Waals surface area contributed by atoms with Crippen molar-refractivity contribution in [3.63, 3.8) is 0 Å². The lowest BCUT2D eigenvalue weighted by Crippen LogP contribution is -2.25. The van der Waals surface area contributed by atoms with Gasteiger partial charge in [-0.15, -0.1) is 0 Å². The molecule has 1 aromatic carbocycles. The molecule has 2 aliphatic rings. The Morgan fingerprint density at radius 2 is 1.80 bits per heavy atom. The Bertz CT molecular complexity index is 342. The number of likely N-dealkylation sites (tertiary alicyclic amines) is 1. The minimum atomic E-state index is -0.130. The Labute approximate surface area is 89.9 Å². The molecule has 0 N–H and O–H groups in total. The second kappa shape index (κ2) is 3.60. The topological polar surface area (TPSA) is 3.24 Å². The zero-order valence-corrected chi connectivity index (χ0v) is 8.82. The van der Waals surface area contributed by atoms with Crippen molar-refractivity contribution in [2.24, 2.45) is 0 Å². The smallest absolute Gasteiger partial charge is 0.123 e. The third kappa shape index (κ3) is 1.78. The highest BCUT2D eigenvalue weighted by atomic mass is 19.1. The van der Waals surface area contributed by atoms with Crippen LogP contribution < -0.4 is 0 Å². The first-order valence-corrected chi connectivity index (χ1v) is 5.86. The lowest BCUT2D eigenvalue weighted by Gasteiger charge is -2.24. The van der Waals surface area contributed by atoms with E-state index in [9.17, 15) is 4.39 Å². The Kier molecular flexibility index (Phi) is 2.24. The molecule has 0 spiro atoms. The van der Waals surface area contributed by atoms with Gasteiger partial charge in [-0.2, -0.15) is 0 Å². The van der Waals surface area contributed by atoms with Crippen molar-refractivity contribution in [1.82, 2.24) is 4.90 Å². The predicted octanol–water partition coefficient (Wildman–Crippen LogP) is 3.13. The Morgan fingerprint density at radius 1 is 1.07 bits per heavy atom. The minimum absolute atomic E-state index is 0.130. The van der Waals surface area contributed by atoms with Gasteiger partial charge in [-0.1, -0.05) is 12.1 Å². The van der Waals surface area contributed by atoms with Crippen molar-refractivity contribution in [2.45, 2.75) is 37.8 Å². The van der Waals surface area contributed by atoms with Crippen LogP contribution in [0.15, 0.2) is 24.3 Å². The van der Waals surface area contributed by atoms with Gasteiger partial charge >= 0.3 is 0 Å². The molecule has 1 saturated heterocycles. The Hall–Kier alpha value is -0.890. The highest BCUT2D eigenvalue weighted by Crippen LogP contribution is 2.40. The van der Waals surface area contributed by atoms with Gasteiger partial charge in [-0.25, -0.2) is 4.39 Å². The summed E-state index contributed by atoms with van der Waals surface area (Å²) < 4.78 is 12.8. The standard InChI is InChI=1S/C13H16FN/c14-11-5-3-10(4-6-11)13-2-1-9-15(13)12-7-8-12/h3-6,12-13H,1-2,7-9H2. The van der Waals surface area contributed by atoms with Crippen LogP contribution in [0.5, 0.6) is 0 Å². The van der Waals surface area contributed by atoms with Crippen LogP contribution in [0.25, 0.3) is 0 Å². The maximum atomic E-state index is 12.8. The van der Waals surface area contributed by atoms with E-state index in [0.29, 0.717) is 6.04 Å². The molecule has 0 amide bonds. The van der Waals surface area contributed by atoms with Crippen LogP contribution >= 0.6 is 0 Å². The summed E-state index contributed by atoms with van der Waals surface area (Å²) in [5, 5.41) is 0. The first-order chi connectivity index (χ1) is 7.34. The molecule has 1 aliphatic carbocycles. The predicted molar refractivity (Wildman–Crippen MR) is 58.1 cm³/mol. The monoisotopic (exact) mass is 205 g/mol. The summed E-state index contributed by atoms with van der Waals surface area (Å²) in [4.78, 5) is 2.60. The molecule has 0 bridgehead atoms. The second-order valence-corrected chi connectivity index (χ2v) is 4.68. The van der Waals surface area contributed by atoms with E-state index in [-0.39, 0.29) is 5.82 Å². The molecule has 15 heavy (non-hydrogen) atoms. The van der Waals surface area contributed by atoms with Crippen molar-refractivity contribution >= 4 is 0 Å². The molecule has 1 aliphatic heterocycles. The van der Waals surface area contributed by atoms with Crippen LogP contribution in [0.2, 0.25) is 0 Å². The fourth-order valence-electron chi connectivity index (χ4n) is 2.68. The quantitative estimate of drug-likeness (QED) is 0.717. The van der Waals surface area contributed by atoms with Gasteiger partial charge in [0.15, 0.2) is 0 Å². The van der Waals surface area contributed by atoms with Gasteiger partial charge in [0.2, 0.25) is 0 Å². The summed E-state index contributed by atoms with van der Waals surface area (Å²) in [5.41, 5.74) is 1.29. The molecule has 2 fully saturated rings. The zero-order chi connectivity index (χ0) is 10.3. The summed E-state index contributed by atoms with van der Waals surface area (Å²) in [7, 11) is 0. The van der Waals surface area contributed by atoms with Gasteiger partial charge in [0, 0.05) is 12.1 Å². The molecular weight excluding hydrogens is 189 g/mol. The lowest BCUT2D eigenvalue weighted by molar-refractivity contribution is 0.246. The van der Waals surface area contributed by atoms with Crippen LogP contribution in [-0.2, 0) is 0 Å². The fourth-order valence-corrected chi connectivity index (χ4v) is 2.68. The van der Waals surface area contributed by atoms with Crippen LogP contribution in [0, 0.1) is 5.82 Å². The van der Waals surface area contributed by atoms with E-state index in [2.05, 4.69) is 4.90 Å². The number of hydrogen-bond acceptors (Lipinski definition) is 1. The van der Waals surface area contributed by atoms with E-state index < -0.39 is 0 Å². The SMILES string of the molecule is Fc1ccc(C2CCCN2C2CC2)cc1. The number of halogens is 1. The molecule has 3 rings (SSSR count). The van der Waals surface area contributed by atoms with Crippen molar-refractivity contribution in [3.8, 4) is 0 Å². The highest BCUT2D eigenvalue weighted by molar-refractivity contribution is 5.21. The average molecular weight is 205 g/mol. The summed E-state index contributed by atoms with van der Waals surface area (Å²) in [6, 6.07) is 8.43. The largest absolute Gasteiger partial charge is 0.293 e. The second-order valence-electron chi connectivity index (χ2n) is 4.68. The third-order valence-corrected chi connectivity index (χ3v) is 3.56. The van der Waals surface area contributed by atoms with Gasteiger partial charge in [0.05, 0.1) is 0 Å². The maximum absolute atomic E-state index is 12.8. The summed E-state index contributed by atoms with van der Waals surface area (Å²) in [5.74, 6) is -0.130. The highest BCUT2D eigenvalue weighted by Gasteiger charge is 2.37. The van der Waals surface area contributed by atoms with Gasteiger partial charge < -0.3 is 0 Å². The van der Waals surface area contributed by atoms with Gasteiger partial charge in [0.1, 0.15) is 5.82 Å². The molecule has 0 radical (unpaired) electrons. The average Bonchev–Trinajstić information content (AvgIpc) is 2.98. The van der Waals surface area contributed by atoms with E-state index in [4.69, 9.17) is 0 Å². The molecule has 1 saturated carbocycles. The first kappa shape index (κ1) is 9.34. The van der Waals surface area contributed by atoms with Crippen molar-refractivity contribution in [3.05, 3.63) is 35.6 Å². The van der Waals surface area contributed by atoms with Gasteiger partial charge in [0.25, 0.3) is 0 Å². The molecule has 2 heteroatoms. The number of benzene rings is 1. The normalized spacial score (nSPS) is 27.1. The van der Waals surface area contributed by atoms with E-state index in [1.807, 2.05) is 12.1 Å². The fraction of sp³-hybridized carbons (Fsp3) is 0.538. The summed E-state index contributed by atoms with van der Waals surface area (Å²) in [6.07, 6.45) is 5.25. The van der Waals surface area contributed by atoms with E-state index in [1.165, 1.54) is 37.8 Å². The third-order valence-electron chi connectivity index (χ3n) is 3.56. The van der Waals surface area contributed by atoms with Crippen LogP contribution in [0.3, 0.4) is 0 Å². The Balaban J connectivity index is 1.82. The molecule has 0 aromatic heterocycles.